The fraction of sp³-hybridized carbons (Fsp3) is 0.500. The maximum atomic E-state index is 13.0. The normalized spacial score (nSPS) is 20.0. The number of rotatable bonds is 2. The van der Waals surface area contributed by atoms with Crippen LogP contribution in [0.4, 0.5) is 4.39 Å². The zero-order valence-corrected chi connectivity index (χ0v) is 9.82. The number of aromatic nitrogens is 1. The number of nitrogens with zero attached hydrogens (tertiary/aromatic N) is 2. The molecule has 1 atom stereocenters. The second kappa shape index (κ2) is 5.23. The first-order chi connectivity index (χ1) is 8.18. The maximum absolute atomic E-state index is 13.0. The Bertz CT molecular complexity index is 404. The van der Waals surface area contributed by atoms with Gasteiger partial charge in [0.1, 0.15) is 5.82 Å². The number of carbonyl (C=O) groups is 1. The fourth-order valence-electron chi connectivity index (χ4n) is 2.06. The molecule has 0 saturated carbocycles. The van der Waals surface area contributed by atoms with Crippen LogP contribution in [0.25, 0.3) is 0 Å². The van der Waals surface area contributed by atoms with Gasteiger partial charge >= 0.3 is 0 Å². The largest absolute Gasteiger partial charge is 0.337 e. The predicted octanol–water partition coefficient (Wildman–Crippen LogP) is 1.04. The van der Waals surface area contributed by atoms with Gasteiger partial charge in [-0.15, -0.1) is 0 Å². The van der Waals surface area contributed by atoms with E-state index in [0.717, 1.165) is 32.1 Å². The molecule has 4 nitrogen and oxygen atoms in total. The molecule has 17 heavy (non-hydrogen) atoms. The van der Waals surface area contributed by atoms with E-state index in [0.29, 0.717) is 5.56 Å². The lowest BCUT2D eigenvalue weighted by Crippen LogP contribution is -2.46. The van der Waals surface area contributed by atoms with Gasteiger partial charge in [0.15, 0.2) is 0 Å². The van der Waals surface area contributed by atoms with Gasteiger partial charge in [-0.25, -0.2) is 4.39 Å². The number of pyridine rings is 1. The van der Waals surface area contributed by atoms with Crippen LogP contribution in [0.15, 0.2) is 18.5 Å². The standard InChI is InChI=1S/C12H16FN3O/c1-16(11-3-2-4-14-8-11)12(17)9-5-10(13)7-15-6-9/h5-7,11,14H,2-4,8H2,1H3. The summed E-state index contributed by atoms with van der Waals surface area (Å²) in [6.45, 7) is 1.80. The summed E-state index contributed by atoms with van der Waals surface area (Å²) in [5, 5.41) is 3.25. The van der Waals surface area contributed by atoms with Crippen LogP contribution in [-0.2, 0) is 0 Å². The van der Waals surface area contributed by atoms with E-state index in [1.54, 1.807) is 11.9 Å². The lowest BCUT2D eigenvalue weighted by atomic mass is 10.1. The number of halogens is 1. The number of likely N-dealkylation sites (N-methyl/N-ethyl adjacent to an activating group) is 1. The number of carbonyl (C=O) groups excluding carboxylic acids is 1. The molecule has 0 aromatic carbocycles. The number of amides is 1. The van der Waals surface area contributed by atoms with Crippen molar-refractivity contribution in [3.05, 3.63) is 29.8 Å². The average molecular weight is 237 g/mol. The number of hydrogen-bond acceptors (Lipinski definition) is 3. The van der Waals surface area contributed by atoms with Gasteiger partial charge in [-0.05, 0) is 25.5 Å². The number of piperidine rings is 1. The Morgan fingerprint density at radius 1 is 1.59 bits per heavy atom. The van der Waals surface area contributed by atoms with Crippen molar-refractivity contribution in [3.8, 4) is 0 Å². The minimum atomic E-state index is -0.481. The lowest BCUT2D eigenvalue weighted by Gasteiger charge is -2.31. The Kier molecular flexibility index (Phi) is 3.68. The van der Waals surface area contributed by atoms with E-state index < -0.39 is 5.82 Å². The summed E-state index contributed by atoms with van der Waals surface area (Å²) in [6.07, 6.45) is 4.54. The molecule has 1 N–H and O–H groups in total. The van der Waals surface area contributed by atoms with Gasteiger partial charge in [0, 0.05) is 25.8 Å². The van der Waals surface area contributed by atoms with E-state index >= 15 is 0 Å². The van der Waals surface area contributed by atoms with Crippen molar-refractivity contribution in [3.63, 3.8) is 0 Å². The van der Waals surface area contributed by atoms with Crippen LogP contribution in [0.5, 0.6) is 0 Å². The van der Waals surface area contributed by atoms with Gasteiger partial charge in [-0.1, -0.05) is 0 Å². The molecule has 0 bridgehead atoms. The molecule has 0 aliphatic carbocycles. The quantitative estimate of drug-likeness (QED) is 0.836. The molecular formula is C12H16FN3O. The van der Waals surface area contributed by atoms with Gasteiger partial charge < -0.3 is 10.2 Å². The molecule has 1 aliphatic rings. The maximum Gasteiger partial charge on any atom is 0.255 e. The molecule has 1 unspecified atom stereocenters. The van der Waals surface area contributed by atoms with E-state index in [-0.39, 0.29) is 11.9 Å². The second-order valence-electron chi connectivity index (χ2n) is 4.31. The van der Waals surface area contributed by atoms with Crippen molar-refractivity contribution >= 4 is 5.91 Å². The fourth-order valence-corrected chi connectivity index (χ4v) is 2.06. The summed E-state index contributed by atoms with van der Waals surface area (Å²) < 4.78 is 13.0. The first-order valence-electron chi connectivity index (χ1n) is 5.77. The van der Waals surface area contributed by atoms with Crippen molar-refractivity contribution in [1.29, 1.82) is 0 Å². The topological polar surface area (TPSA) is 45.2 Å². The Labute approximate surface area is 99.8 Å². The van der Waals surface area contributed by atoms with Crippen LogP contribution in [-0.4, -0.2) is 42.0 Å². The molecule has 2 rings (SSSR count). The van der Waals surface area contributed by atoms with Crippen LogP contribution in [0, 0.1) is 5.82 Å². The highest BCUT2D eigenvalue weighted by molar-refractivity contribution is 5.93. The Balaban J connectivity index is 2.08. The van der Waals surface area contributed by atoms with Gasteiger partial charge in [-0.2, -0.15) is 0 Å². The van der Waals surface area contributed by atoms with Crippen LogP contribution in [0.2, 0.25) is 0 Å². The summed E-state index contributed by atoms with van der Waals surface area (Å²) in [4.78, 5) is 17.5. The van der Waals surface area contributed by atoms with Crippen LogP contribution < -0.4 is 5.32 Å². The van der Waals surface area contributed by atoms with E-state index in [2.05, 4.69) is 10.3 Å². The lowest BCUT2D eigenvalue weighted by molar-refractivity contribution is 0.0707. The molecule has 1 amide bonds. The van der Waals surface area contributed by atoms with Crippen molar-refractivity contribution in [2.45, 2.75) is 18.9 Å². The molecule has 1 aliphatic heterocycles. The van der Waals surface area contributed by atoms with E-state index in [4.69, 9.17) is 0 Å². The summed E-state index contributed by atoms with van der Waals surface area (Å²) in [6, 6.07) is 1.40. The van der Waals surface area contributed by atoms with E-state index in [1.807, 2.05) is 0 Å². The highest BCUT2D eigenvalue weighted by Crippen LogP contribution is 2.12. The van der Waals surface area contributed by atoms with Gasteiger partial charge in [0.25, 0.3) is 5.91 Å². The third-order valence-corrected chi connectivity index (χ3v) is 3.09. The summed E-state index contributed by atoms with van der Waals surface area (Å²) in [7, 11) is 1.75. The second-order valence-corrected chi connectivity index (χ2v) is 4.31. The molecule has 1 aromatic rings. The molecule has 5 heteroatoms. The molecule has 2 heterocycles. The van der Waals surface area contributed by atoms with Gasteiger partial charge in [-0.3, -0.25) is 9.78 Å². The molecule has 0 spiro atoms. The molecule has 1 aromatic heterocycles. The van der Waals surface area contributed by atoms with Crippen LogP contribution in [0.1, 0.15) is 23.2 Å². The zero-order valence-electron chi connectivity index (χ0n) is 9.82. The van der Waals surface area contributed by atoms with Crippen LogP contribution >= 0.6 is 0 Å². The first-order valence-corrected chi connectivity index (χ1v) is 5.77. The summed E-state index contributed by atoms with van der Waals surface area (Å²) >= 11 is 0. The molecule has 0 radical (unpaired) electrons. The smallest absolute Gasteiger partial charge is 0.255 e. The van der Waals surface area contributed by atoms with Crippen molar-refractivity contribution in [2.24, 2.45) is 0 Å². The average Bonchev–Trinajstić information content (AvgIpc) is 2.38. The van der Waals surface area contributed by atoms with Gasteiger partial charge in [0.2, 0.25) is 0 Å². The third kappa shape index (κ3) is 2.79. The number of nitrogens with one attached hydrogen (secondary N) is 1. The molecule has 92 valence electrons. The SMILES string of the molecule is CN(C(=O)c1cncc(F)c1)C1CCCNC1. The zero-order chi connectivity index (χ0) is 12.3. The third-order valence-electron chi connectivity index (χ3n) is 3.09. The molecular weight excluding hydrogens is 221 g/mol. The number of hydrogen-bond donors (Lipinski definition) is 1. The minimum absolute atomic E-state index is 0.175. The van der Waals surface area contributed by atoms with Crippen LogP contribution in [0.3, 0.4) is 0 Å². The minimum Gasteiger partial charge on any atom is -0.337 e. The highest BCUT2D eigenvalue weighted by Gasteiger charge is 2.23. The predicted molar refractivity (Wildman–Crippen MR) is 62.2 cm³/mol. The van der Waals surface area contributed by atoms with Crippen molar-refractivity contribution in [2.75, 3.05) is 20.1 Å². The Morgan fingerprint density at radius 3 is 3.06 bits per heavy atom. The van der Waals surface area contributed by atoms with E-state index in [9.17, 15) is 9.18 Å². The monoisotopic (exact) mass is 237 g/mol. The molecule has 1 saturated heterocycles. The van der Waals surface area contributed by atoms with Crippen molar-refractivity contribution < 1.29 is 9.18 Å². The summed E-state index contributed by atoms with van der Waals surface area (Å²) in [5.41, 5.74) is 0.304. The summed E-state index contributed by atoms with van der Waals surface area (Å²) in [5.74, 6) is -0.656. The van der Waals surface area contributed by atoms with E-state index in [1.165, 1.54) is 12.3 Å². The Morgan fingerprint density at radius 2 is 2.41 bits per heavy atom. The first kappa shape index (κ1) is 12.0. The highest BCUT2D eigenvalue weighted by atomic mass is 19.1. The Hall–Kier alpha value is -1.49. The van der Waals surface area contributed by atoms with Gasteiger partial charge in [0.05, 0.1) is 11.8 Å². The van der Waals surface area contributed by atoms with Crippen molar-refractivity contribution in [1.82, 2.24) is 15.2 Å². The molecule has 1 fully saturated rings.